The molecule has 0 bridgehead atoms. The number of hydrogen-bond acceptors (Lipinski definition) is 4. The molecule has 1 heterocycles. The topological polar surface area (TPSA) is 99.0 Å². The Labute approximate surface area is 117 Å². The van der Waals surface area contributed by atoms with Gasteiger partial charge in [-0.15, -0.1) is 0 Å². The summed E-state index contributed by atoms with van der Waals surface area (Å²) in [7, 11) is 0. The summed E-state index contributed by atoms with van der Waals surface area (Å²) in [5, 5.41) is 2.86. The van der Waals surface area contributed by atoms with Crippen LogP contribution < -0.4 is 16.8 Å². The Morgan fingerprint density at radius 3 is 2.60 bits per heavy atom. The van der Waals surface area contributed by atoms with Crippen LogP contribution >= 0.6 is 0 Å². The van der Waals surface area contributed by atoms with Crippen molar-refractivity contribution >= 4 is 17.3 Å². The van der Waals surface area contributed by atoms with Crippen molar-refractivity contribution in [3.05, 3.63) is 42.5 Å². The number of rotatable bonds is 6. The van der Waals surface area contributed by atoms with Gasteiger partial charge >= 0.3 is 0 Å². The molecule has 1 amide bonds. The third-order valence-electron chi connectivity index (χ3n) is 2.93. The van der Waals surface area contributed by atoms with Crippen molar-refractivity contribution in [1.82, 2.24) is 14.9 Å². The molecule has 0 aliphatic heterocycles. The highest BCUT2D eigenvalue weighted by Crippen LogP contribution is 2.13. The lowest BCUT2D eigenvalue weighted by Gasteiger charge is -2.07. The summed E-state index contributed by atoms with van der Waals surface area (Å²) in [4.78, 5) is 15.9. The molecule has 0 saturated carbocycles. The number of hydrogen-bond donors (Lipinski definition) is 3. The predicted molar refractivity (Wildman–Crippen MR) is 79.1 cm³/mol. The van der Waals surface area contributed by atoms with E-state index in [-0.39, 0.29) is 5.91 Å². The van der Waals surface area contributed by atoms with Crippen molar-refractivity contribution < 1.29 is 4.79 Å². The lowest BCUT2D eigenvalue weighted by atomic mass is 10.1. The minimum Gasteiger partial charge on any atom is -0.399 e. The zero-order valence-corrected chi connectivity index (χ0v) is 11.2. The van der Waals surface area contributed by atoms with Crippen LogP contribution in [-0.2, 0) is 6.54 Å². The van der Waals surface area contributed by atoms with E-state index in [2.05, 4.69) is 10.3 Å². The molecule has 20 heavy (non-hydrogen) atoms. The number of nitrogen functional groups attached to an aromatic ring is 2. The van der Waals surface area contributed by atoms with Gasteiger partial charge in [0.2, 0.25) is 0 Å². The minimum absolute atomic E-state index is 0.147. The van der Waals surface area contributed by atoms with E-state index in [9.17, 15) is 4.79 Å². The first-order valence-corrected chi connectivity index (χ1v) is 6.55. The molecule has 0 radical (unpaired) electrons. The standard InChI is InChI=1S/C14H19N5O/c15-12-7-11(8-13(16)9-12)14(20)18-3-1-2-5-19-6-4-17-10-19/h4,6-10H,1-3,5,15-16H2,(H,18,20). The maximum absolute atomic E-state index is 11.9. The van der Waals surface area contributed by atoms with Gasteiger partial charge in [0.15, 0.2) is 0 Å². The summed E-state index contributed by atoms with van der Waals surface area (Å²) in [5.74, 6) is -0.147. The summed E-state index contributed by atoms with van der Waals surface area (Å²) >= 11 is 0. The van der Waals surface area contributed by atoms with Gasteiger partial charge in [-0.05, 0) is 31.0 Å². The Hall–Kier alpha value is -2.50. The van der Waals surface area contributed by atoms with Crippen LogP contribution in [0.5, 0.6) is 0 Å². The molecule has 1 aromatic heterocycles. The summed E-state index contributed by atoms with van der Waals surface area (Å²) in [5.41, 5.74) is 12.8. The first-order chi connectivity index (χ1) is 9.65. The van der Waals surface area contributed by atoms with Crippen molar-refractivity contribution in [3.63, 3.8) is 0 Å². The second kappa shape index (κ2) is 6.60. The number of imidazole rings is 1. The van der Waals surface area contributed by atoms with Crippen LogP contribution in [0.1, 0.15) is 23.2 Å². The molecule has 2 aromatic rings. The Balaban J connectivity index is 1.72. The second-order valence-corrected chi connectivity index (χ2v) is 4.65. The van der Waals surface area contributed by atoms with Crippen molar-refractivity contribution in [2.45, 2.75) is 19.4 Å². The fraction of sp³-hybridized carbons (Fsp3) is 0.286. The number of unbranched alkanes of at least 4 members (excludes halogenated alkanes) is 1. The fourth-order valence-electron chi connectivity index (χ4n) is 1.95. The smallest absolute Gasteiger partial charge is 0.251 e. The van der Waals surface area contributed by atoms with Gasteiger partial charge in [-0.25, -0.2) is 4.98 Å². The van der Waals surface area contributed by atoms with Crippen molar-refractivity contribution in [2.24, 2.45) is 0 Å². The van der Waals surface area contributed by atoms with E-state index < -0.39 is 0 Å². The Morgan fingerprint density at radius 2 is 1.95 bits per heavy atom. The number of benzene rings is 1. The van der Waals surface area contributed by atoms with Crippen molar-refractivity contribution in [3.8, 4) is 0 Å². The number of aryl methyl sites for hydroxylation is 1. The minimum atomic E-state index is -0.147. The molecule has 106 valence electrons. The highest BCUT2D eigenvalue weighted by molar-refractivity contribution is 5.96. The molecule has 0 saturated heterocycles. The Morgan fingerprint density at radius 1 is 1.20 bits per heavy atom. The van der Waals surface area contributed by atoms with E-state index in [1.54, 1.807) is 30.7 Å². The lowest BCUT2D eigenvalue weighted by Crippen LogP contribution is -2.24. The van der Waals surface area contributed by atoms with E-state index in [4.69, 9.17) is 11.5 Å². The van der Waals surface area contributed by atoms with Crippen LogP contribution in [0.15, 0.2) is 36.9 Å². The van der Waals surface area contributed by atoms with Crippen LogP contribution in [0.3, 0.4) is 0 Å². The molecule has 1 aromatic carbocycles. The molecule has 0 unspecified atom stereocenters. The van der Waals surface area contributed by atoms with Crippen LogP contribution in [0.25, 0.3) is 0 Å². The maximum Gasteiger partial charge on any atom is 0.251 e. The molecule has 0 aliphatic rings. The summed E-state index contributed by atoms with van der Waals surface area (Å²) in [6, 6.07) is 4.87. The highest BCUT2D eigenvalue weighted by Gasteiger charge is 2.06. The second-order valence-electron chi connectivity index (χ2n) is 4.65. The first kappa shape index (κ1) is 13.9. The number of carbonyl (C=O) groups excluding carboxylic acids is 1. The van der Waals surface area contributed by atoms with Crippen LogP contribution in [0, 0.1) is 0 Å². The molecule has 6 nitrogen and oxygen atoms in total. The molecule has 2 rings (SSSR count). The van der Waals surface area contributed by atoms with Crippen molar-refractivity contribution in [2.75, 3.05) is 18.0 Å². The van der Waals surface area contributed by atoms with Gasteiger partial charge in [0.25, 0.3) is 5.91 Å². The van der Waals surface area contributed by atoms with Crippen LogP contribution in [0.2, 0.25) is 0 Å². The third-order valence-corrected chi connectivity index (χ3v) is 2.93. The molecular weight excluding hydrogens is 254 g/mol. The summed E-state index contributed by atoms with van der Waals surface area (Å²) < 4.78 is 2.01. The first-order valence-electron chi connectivity index (χ1n) is 6.55. The maximum atomic E-state index is 11.9. The monoisotopic (exact) mass is 273 g/mol. The quantitative estimate of drug-likeness (QED) is 0.545. The number of nitrogens with one attached hydrogen (secondary N) is 1. The fourth-order valence-corrected chi connectivity index (χ4v) is 1.95. The normalized spacial score (nSPS) is 10.4. The molecular formula is C14H19N5O. The molecule has 0 fully saturated rings. The molecule has 0 spiro atoms. The summed E-state index contributed by atoms with van der Waals surface area (Å²) in [6.45, 7) is 1.53. The zero-order chi connectivity index (χ0) is 14.4. The average molecular weight is 273 g/mol. The Bertz CT molecular complexity index is 545. The number of amides is 1. The number of nitrogens with zero attached hydrogens (tertiary/aromatic N) is 2. The zero-order valence-electron chi connectivity index (χ0n) is 11.2. The molecule has 0 aliphatic carbocycles. The van der Waals surface area contributed by atoms with Gasteiger partial charge in [-0.3, -0.25) is 4.79 Å². The van der Waals surface area contributed by atoms with Gasteiger partial charge in [0, 0.05) is 42.4 Å². The molecule has 5 N–H and O–H groups in total. The number of carbonyl (C=O) groups is 1. The largest absolute Gasteiger partial charge is 0.399 e. The van der Waals surface area contributed by atoms with E-state index in [1.165, 1.54) is 0 Å². The van der Waals surface area contributed by atoms with Gasteiger partial charge in [-0.2, -0.15) is 0 Å². The summed E-state index contributed by atoms with van der Waals surface area (Å²) in [6.07, 6.45) is 7.35. The van der Waals surface area contributed by atoms with E-state index >= 15 is 0 Å². The van der Waals surface area contributed by atoms with Gasteiger partial charge in [-0.1, -0.05) is 0 Å². The Kier molecular flexibility index (Phi) is 4.60. The predicted octanol–water partition coefficient (Wildman–Crippen LogP) is 1.26. The van der Waals surface area contributed by atoms with E-state index in [0.717, 1.165) is 19.4 Å². The molecule has 0 atom stereocenters. The molecule has 6 heteroatoms. The highest BCUT2D eigenvalue weighted by atomic mass is 16.1. The number of nitrogens with two attached hydrogens (primary N) is 2. The lowest BCUT2D eigenvalue weighted by molar-refractivity contribution is 0.0953. The van der Waals surface area contributed by atoms with Gasteiger partial charge in [0.1, 0.15) is 0 Å². The third kappa shape index (κ3) is 4.01. The SMILES string of the molecule is Nc1cc(N)cc(C(=O)NCCCCn2ccnc2)c1. The average Bonchev–Trinajstić information content (AvgIpc) is 2.90. The van der Waals surface area contributed by atoms with Crippen LogP contribution in [-0.4, -0.2) is 22.0 Å². The van der Waals surface area contributed by atoms with Crippen molar-refractivity contribution in [1.29, 1.82) is 0 Å². The van der Waals surface area contributed by atoms with Gasteiger partial charge < -0.3 is 21.4 Å². The number of anilines is 2. The van der Waals surface area contributed by atoms with E-state index in [0.29, 0.717) is 23.5 Å². The van der Waals surface area contributed by atoms with Crippen LogP contribution in [0.4, 0.5) is 11.4 Å². The van der Waals surface area contributed by atoms with Gasteiger partial charge in [0.05, 0.1) is 6.33 Å². The van der Waals surface area contributed by atoms with E-state index in [1.807, 2.05) is 10.8 Å². The number of aromatic nitrogens is 2.